The second-order valence-electron chi connectivity index (χ2n) is 8.53. The lowest BCUT2D eigenvalue weighted by atomic mass is 10.0. The van der Waals surface area contributed by atoms with Crippen LogP contribution in [-0.2, 0) is 22.6 Å². The minimum atomic E-state index is -0.734. The second-order valence-corrected chi connectivity index (χ2v) is 10.3. The van der Waals surface area contributed by atoms with Gasteiger partial charge in [-0.2, -0.15) is 0 Å². The minimum Gasteiger partial charge on any atom is -0.482 e. The van der Waals surface area contributed by atoms with E-state index in [9.17, 15) is 9.59 Å². The molecule has 0 aliphatic heterocycles. The molecule has 36 heavy (non-hydrogen) atoms. The Morgan fingerprint density at radius 3 is 2.33 bits per heavy atom. The van der Waals surface area contributed by atoms with Crippen LogP contribution in [0.5, 0.6) is 5.75 Å². The van der Waals surface area contributed by atoms with E-state index >= 15 is 0 Å². The summed E-state index contributed by atoms with van der Waals surface area (Å²) in [6.07, 6.45) is 1.15. The Kier molecular flexibility index (Phi) is 10.7. The number of carbonyl (C=O) groups excluding carboxylic acids is 2. The van der Waals surface area contributed by atoms with E-state index in [0.29, 0.717) is 22.2 Å². The van der Waals surface area contributed by atoms with Crippen molar-refractivity contribution in [3.63, 3.8) is 0 Å². The number of rotatable bonds is 11. The summed E-state index contributed by atoms with van der Waals surface area (Å²) < 4.78 is 6.68. The van der Waals surface area contributed by atoms with Crippen LogP contribution in [0.15, 0.2) is 77.3 Å². The SMILES string of the molecule is CC[C@@H](C)NC(=O)[C@H](Cc1ccccc1)N(Cc1ccc(Br)cc1)C(=O)COc1ccc(Cl)cc1Cl. The average Bonchev–Trinajstić information content (AvgIpc) is 2.87. The normalized spacial score (nSPS) is 12.5. The molecule has 190 valence electrons. The molecule has 0 fully saturated rings. The summed E-state index contributed by atoms with van der Waals surface area (Å²) in [5, 5.41) is 3.84. The number of hydrogen-bond donors (Lipinski definition) is 1. The van der Waals surface area contributed by atoms with Gasteiger partial charge in [0.05, 0.1) is 5.02 Å². The van der Waals surface area contributed by atoms with E-state index in [-0.39, 0.29) is 31.0 Å². The van der Waals surface area contributed by atoms with Crippen molar-refractivity contribution in [3.05, 3.63) is 98.4 Å². The maximum atomic E-state index is 13.6. The molecule has 0 heterocycles. The molecule has 0 bridgehead atoms. The van der Waals surface area contributed by atoms with Gasteiger partial charge in [-0.3, -0.25) is 9.59 Å². The summed E-state index contributed by atoms with van der Waals surface area (Å²) in [5.74, 6) is -0.186. The van der Waals surface area contributed by atoms with Crippen molar-refractivity contribution in [2.24, 2.45) is 0 Å². The number of ether oxygens (including phenoxy) is 1. The van der Waals surface area contributed by atoms with Gasteiger partial charge in [-0.05, 0) is 54.8 Å². The van der Waals surface area contributed by atoms with E-state index in [1.54, 1.807) is 23.1 Å². The Bertz CT molecular complexity index is 1160. The summed E-state index contributed by atoms with van der Waals surface area (Å²) in [5.41, 5.74) is 1.85. The zero-order valence-electron chi connectivity index (χ0n) is 20.2. The van der Waals surface area contributed by atoms with E-state index in [0.717, 1.165) is 22.0 Å². The third kappa shape index (κ3) is 8.26. The molecule has 2 amide bonds. The van der Waals surface area contributed by atoms with Crippen molar-refractivity contribution >= 4 is 50.9 Å². The molecule has 0 radical (unpaired) electrons. The monoisotopic (exact) mass is 590 g/mol. The molecular weight excluding hydrogens is 563 g/mol. The fourth-order valence-electron chi connectivity index (χ4n) is 3.60. The van der Waals surface area contributed by atoms with Gasteiger partial charge in [0.15, 0.2) is 6.61 Å². The fraction of sp³-hybridized carbons (Fsp3) is 0.286. The molecule has 8 heteroatoms. The first kappa shape index (κ1) is 28.0. The first-order valence-electron chi connectivity index (χ1n) is 11.7. The average molecular weight is 592 g/mol. The maximum Gasteiger partial charge on any atom is 0.261 e. The lowest BCUT2D eigenvalue weighted by Crippen LogP contribution is -2.53. The Morgan fingerprint density at radius 2 is 1.69 bits per heavy atom. The van der Waals surface area contributed by atoms with Gasteiger partial charge in [0.2, 0.25) is 5.91 Å². The van der Waals surface area contributed by atoms with Gasteiger partial charge in [-0.25, -0.2) is 0 Å². The molecule has 3 aromatic carbocycles. The van der Waals surface area contributed by atoms with Crippen LogP contribution in [0.1, 0.15) is 31.4 Å². The number of nitrogens with one attached hydrogen (secondary N) is 1. The summed E-state index contributed by atoms with van der Waals surface area (Å²) in [4.78, 5) is 28.7. The van der Waals surface area contributed by atoms with Gasteiger partial charge < -0.3 is 15.0 Å². The van der Waals surface area contributed by atoms with Gasteiger partial charge in [0.1, 0.15) is 11.8 Å². The topological polar surface area (TPSA) is 58.6 Å². The summed E-state index contributed by atoms with van der Waals surface area (Å²) in [6.45, 7) is 3.92. The van der Waals surface area contributed by atoms with Gasteiger partial charge in [0, 0.05) is 28.5 Å². The molecule has 0 unspecified atom stereocenters. The third-order valence-corrected chi connectivity index (χ3v) is 6.84. The molecule has 5 nitrogen and oxygen atoms in total. The maximum absolute atomic E-state index is 13.6. The molecule has 0 saturated carbocycles. The Morgan fingerprint density at radius 1 is 1.00 bits per heavy atom. The number of benzene rings is 3. The van der Waals surface area contributed by atoms with E-state index in [4.69, 9.17) is 27.9 Å². The Balaban J connectivity index is 1.91. The van der Waals surface area contributed by atoms with Gasteiger partial charge >= 0.3 is 0 Å². The van der Waals surface area contributed by atoms with E-state index < -0.39 is 6.04 Å². The van der Waals surface area contributed by atoms with Crippen molar-refractivity contribution in [1.29, 1.82) is 0 Å². The highest BCUT2D eigenvalue weighted by Crippen LogP contribution is 2.27. The molecule has 0 aliphatic rings. The van der Waals surface area contributed by atoms with Crippen LogP contribution >= 0.6 is 39.1 Å². The largest absolute Gasteiger partial charge is 0.482 e. The molecule has 3 rings (SSSR count). The molecule has 2 atom stereocenters. The third-order valence-electron chi connectivity index (χ3n) is 5.78. The Hall–Kier alpha value is -2.54. The first-order chi connectivity index (χ1) is 17.3. The highest BCUT2D eigenvalue weighted by atomic mass is 79.9. The van der Waals surface area contributed by atoms with Crippen LogP contribution in [0.2, 0.25) is 10.0 Å². The van der Waals surface area contributed by atoms with Crippen molar-refractivity contribution in [2.45, 2.75) is 45.3 Å². The lowest BCUT2D eigenvalue weighted by Gasteiger charge is -2.32. The van der Waals surface area contributed by atoms with Gasteiger partial charge in [-0.1, -0.05) is 88.5 Å². The van der Waals surface area contributed by atoms with E-state index in [2.05, 4.69) is 21.2 Å². The minimum absolute atomic E-state index is 0.0236. The van der Waals surface area contributed by atoms with Crippen LogP contribution in [-0.4, -0.2) is 35.4 Å². The number of carbonyl (C=O) groups is 2. The number of amides is 2. The fourth-order valence-corrected chi connectivity index (χ4v) is 4.32. The van der Waals surface area contributed by atoms with Crippen molar-refractivity contribution < 1.29 is 14.3 Å². The number of halogens is 3. The van der Waals surface area contributed by atoms with Gasteiger partial charge in [-0.15, -0.1) is 0 Å². The van der Waals surface area contributed by atoms with E-state index in [1.165, 1.54) is 0 Å². The predicted molar refractivity (Wildman–Crippen MR) is 148 cm³/mol. The molecule has 3 aromatic rings. The summed E-state index contributed by atoms with van der Waals surface area (Å²) in [6, 6.07) is 21.4. The molecule has 1 N–H and O–H groups in total. The molecule has 0 saturated heterocycles. The molecule has 0 spiro atoms. The van der Waals surface area contributed by atoms with Crippen molar-refractivity contribution in [1.82, 2.24) is 10.2 Å². The standard InChI is InChI=1S/C28H29BrCl2N2O3/c1-3-19(2)32-28(35)25(15-20-7-5-4-6-8-20)33(17-21-9-11-22(29)12-10-21)27(34)18-36-26-14-13-23(30)16-24(26)31/h4-14,16,19,25H,3,15,17-18H2,1-2H3,(H,32,35)/t19-,25+/m1/s1. The van der Waals surface area contributed by atoms with Crippen molar-refractivity contribution in [2.75, 3.05) is 6.61 Å². The smallest absolute Gasteiger partial charge is 0.261 e. The number of nitrogens with zero attached hydrogens (tertiary/aromatic N) is 1. The van der Waals surface area contributed by atoms with Crippen LogP contribution in [0.4, 0.5) is 0 Å². The van der Waals surface area contributed by atoms with Crippen LogP contribution in [0.25, 0.3) is 0 Å². The van der Waals surface area contributed by atoms with Crippen molar-refractivity contribution in [3.8, 4) is 5.75 Å². The van der Waals surface area contributed by atoms with Crippen LogP contribution in [0.3, 0.4) is 0 Å². The van der Waals surface area contributed by atoms with Crippen LogP contribution < -0.4 is 10.1 Å². The highest BCUT2D eigenvalue weighted by molar-refractivity contribution is 9.10. The predicted octanol–water partition coefficient (Wildman–Crippen LogP) is 6.69. The zero-order valence-corrected chi connectivity index (χ0v) is 23.3. The molecule has 0 aliphatic carbocycles. The van der Waals surface area contributed by atoms with E-state index in [1.807, 2.05) is 68.4 Å². The quantitative estimate of drug-likeness (QED) is 0.270. The molecule has 0 aromatic heterocycles. The highest BCUT2D eigenvalue weighted by Gasteiger charge is 2.31. The zero-order chi connectivity index (χ0) is 26.1. The number of hydrogen-bond acceptors (Lipinski definition) is 3. The van der Waals surface area contributed by atoms with Gasteiger partial charge in [0.25, 0.3) is 5.91 Å². The Labute approximate surface area is 230 Å². The lowest BCUT2D eigenvalue weighted by molar-refractivity contribution is -0.143. The second kappa shape index (κ2) is 13.7. The first-order valence-corrected chi connectivity index (χ1v) is 13.3. The summed E-state index contributed by atoms with van der Waals surface area (Å²) in [7, 11) is 0. The molecular formula is C28H29BrCl2N2O3. The van der Waals surface area contributed by atoms with Crippen LogP contribution in [0, 0.1) is 0 Å². The summed E-state index contributed by atoms with van der Waals surface area (Å²) >= 11 is 15.7.